The summed E-state index contributed by atoms with van der Waals surface area (Å²) in [6, 6.07) is 14.6. The molecule has 0 nitrogen and oxygen atoms in total. The minimum Gasteiger partial charge on any atom is -0.0672 e. The van der Waals surface area contributed by atoms with E-state index in [-0.39, 0.29) is 18.8 Å². The topological polar surface area (TPSA) is 0 Å². The highest BCUT2D eigenvalue weighted by atomic mass is 31.1. The van der Waals surface area contributed by atoms with Gasteiger partial charge in [0.1, 0.15) is 0 Å². The Balaban J connectivity index is 2.37. The van der Waals surface area contributed by atoms with Gasteiger partial charge in [0.2, 0.25) is 0 Å². The van der Waals surface area contributed by atoms with E-state index in [0.29, 0.717) is 22.9 Å². The molecule has 3 rings (SSSR count). The first-order valence-corrected chi connectivity index (χ1v) is 15.2. The third-order valence-corrected chi connectivity index (χ3v) is 12.7. The number of rotatable bonds is 5. The zero-order valence-corrected chi connectivity index (χ0v) is 25.2. The zero-order valence-electron chi connectivity index (χ0n) is 24.3. The number of hydrogen-bond donors (Lipinski definition) is 0. The fraction of sp³-hybridized carbons (Fsp3) is 0.636. The lowest BCUT2D eigenvalue weighted by Crippen LogP contribution is -2.51. The first-order valence-electron chi connectivity index (χ1n) is 13.7. The molecule has 0 aromatic heterocycles. The van der Waals surface area contributed by atoms with Crippen LogP contribution < -0.4 is 5.30 Å². The summed E-state index contributed by atoms with van der Waals surface area (Å²) in [5, 5.41) is 1.99. The first kappa shape index (κ1) is 27.5. The summed E-state index contributed by atoms with van der Waals surface area (Å²) < 4.78 is 0. The van der Waals surface area contributed by atoms with E-state index in [4.69, 9.17) is 0 Å². The lowest BCUT2D eigenvalue weighted by atomic mass is 9.64. The molecule has 1 heteroatoms. The molecule has 0 saturated carbocycles. The summed E-state index contributed by atoms with van der Waals surface area (Å²) in [5.74, 6) is 1.56. The second kappa shape index (κ2) is 9.73. The van der Waals surface area contributed by atoms with E-state index in [0.717, 1.165) is 0 Å². The Bertz CT molecular complexity index is 951. The number of hydrogen-bond acceptors (Lipinski definition) is 0. The Hall–Kier alpha value is -1.13. The first-order chi connectivity index (χ1) is 15.6. The summed E-state index contributed by atoms with van der Waals surface area (Å²) >= 11 is 0. The molecule has 1 heterocycles. The lowest BCUT2D eigenvalue weighted by Gasteiger charge is -2.56. The van der Waals surface area contributed by atoms with E-state index in [2.05, 4.69) is 119 Å². The highest BCUT2D eigenvalue weighted by Gasteiger charge is 2.57. The summed E-state index contributed by atoms with van der Waals surface area (Å²) in [6.07, 6.45) is 4.06. The van der Waals surface area contributed by atoms with E-state index in [1.807, 2.05) is 0 Å². The van der Waals surface area contributed by atoms with Gasteiger partial charge in [0.05, 0.1) is 0 Å². The molecule has 1 atom stereocenters. The van der Waals surface area contributed by atoms with Gasteiger partial charge in [-0.15, -0.1) is 0 Å². The molecule has 1 aliphatic heterocycles. The van der Waals surface area contributed by atoms with Crippen molar-refractivity contribution in [3.63, 3.8) is 0 Å². The van der Waals surface area contributed by atoms with Crippen molar-refractivity contribution < 1.29 is 0 Å². The molecule has 188 valence electrons. The molecule has 1 unspecified atom stereocenters. The van der Waals surface area contributed by atoms with Crippen LogP contribution in [0.3, 0.4) is 0 Å². The van der Waals surface area contributed by atoms with Gasteiger partial charge in [-0.3, -0.25) is 0 Å². The van der Waals surface area contributed by atoms with Gasteiger partial charge in [0, 0.05) is 5.16 Å². The van der Waals surface area contributed by atoms with Crippen LogP contribution in [0.2, 0.25) is 0 Å². The summed E-state index contributed by atoms with van der Waals surface area (Å²) in [7, 11) is -0.292. The number of benzene rings is 2. The van der Waals surface area contributed by atoms with Crippen LogP contribution in [0.1, 0.15) is 130 Å². The van der Waals surface area contributed by atoms with Gasteiger partial charge in [-0.2, -0.15) is 0 Å². The van der Waals surface area contributed by atoms with Gasteiger partial charge in [-0.05, 0) is 80.7 Å². The molecule has 0 spiro atoms. The Kier molecular flexibility index (Phi) is 7.86. The molecule has 34 heavy (non-hydrogen) atoms. The molecule has 0 radical (unpaired) electrons. The predicted molar refractivity (Wildman–Crippen MR) is 156 cm³/mol. The Labute approximate surface area is 213 Å². The van der Waals surface area contributed by atoms with E-state index >= 15 is 0 Å². The van der Waals surface area contributed by atoms with Crippen LogP contribution in [0.5, 0.6) is 0 Å². The van der Waals surface area contributed by atoms with E-state index in [1.165, 1.54) is 46.8 Å². The average Bonchev–Trinajstić information content (AvgIpc) is 3.19. The fourth-order valence-corrected chi connectivity index (χ4v) is 11.3. The summed E-state index contributed by atoms with van der Waals surface area (Å²) in [4.78, 5) is 0. The molecular formula is C33H51P. The monoisotopic (exact) mass is 478 g/mol. The third kappa shape index (κ3) is 4.66. The highest BCUT2D eigenvalue weighted by Crippen LogP contribution is 2.71. The molecule has 1 saturated heterocycles. The SMILES string of the molecule is CC(C)c1cc(C(C)C)c(-c2ccccc2P2CCCC2(C(C)(C)C)C(C)(C)C)c(C(C)C)c1. The Morgan fingerprint density at radius 2 is 1.24 bits per heavy atom. The van der Waals surface area contributed by atoms with Crippen LogP contribution in [-0.4, -0.2) is 11.3 Å². The van der Waals surface area contributed by atoms with Crippen LogP contribution in [0.15, 0.2) is 36.4 Å². The predicted octanol–water partition coefficient (Wildman–Crippen LogP) is 10.5. The molecule has 1 fully saturated rings. The van der Waals surface area contributed by atoms with Gasteiger partial charge in [-0.1, -0.05) is 127 Å². The van der Waals surface area contributed by atoms with Crippen LogP contribution in [0.4, 0.5) is 0 Å². The van der Waals surface area contributed by atoms with E-state index < -0.39 is 0 Å². The van der Waals surface area contributed by atoms with Crippen molar-refractivity contribution >= 4 is 13.2 Å². The molecule has 1 aliphatic rings. The molecule has 0 bridgehead atoms. The highest BCUT2D eigenvalue weighted by molar-refractivity contribution is 7.68. The third-order valence-electron chi connectivity index (χ3n) is 8.46. The van der Waals surface area contributed by atoms with Crippen LogP contribution in [0.25, 0.3) is 11.1 Å². The van der Waals surface area contributed by atoms with Gasteiger partial charge >= 0.3 is 0 Å². The van der Waals surface area contributed by atoms with Crippen LogP contribution in [0, 0.1) is 10.8 Å². The largest absolute Gasteiger partial charge is 0.0672 e. The fourth-order valence-electron chi connectivity index (χ4n) is 7.02. The van der Waals surface area contributed by atoms with Crippen molar-refractivity contribution in [2.75, 3.05) is 6.16 Å². The summed E-state index contributed by atoms with van der Waals surface area (Å²) in [5.41, 5.74) is 8.15. The minimum atomic E-state index is -0.292. The maximum atomic E-state index is 2.52. The molecule has 0 amide bonds. The second-order valence-electron chi connectivity index (χ2n) is 13.7. The lowest BCUT2D eigenvalue weighted by molar-refractivity contribution is 0.133. The molecule has 2 aromatic rings. The summed E-state index contributed by atoms with van der Waals surface area (Å²) in [6.45, 7) is 29.3. The van der Waals surface area contributed by atoms with Gasteiger partial charge in [-0.25, -0.2) is 0 Å². The van der Waals surface area contributed by atoms with Crippen molar-refractivity contribution in [2.45, 2.75) is 119 Å². The zero-order chi connectivity index (χ0) is 25.6. The van der Waals surface area contributed by atoms with E-state index in [1.54, 1.807) is 5.30 Å². The smallest absolute Gasteiger partial charge is 0.00428 e. The standard InChI is InChI=1S/C33H51P/c1-22(2)25-20-27(23(3)4)30(28(21-25)24(5)6)26-16-13-14-17-29(26)34-19-15-18-33(34,31(7,8)9)32(10,11)12/h13-14,16-17,20-24H,15,18-19H2,1-12H3. The van der Waals surface area contributed by atoms with Crippen molar-refractivity contribution in [1.29, 1.82) is 0 Å². The van der Waals surface area contributed by atoms with E-state index in [9.17, 15) is 0 Å². The Morgan fingerprint density at radius 3 is 1.68 bits per heavy atom. The molecule has 2 aromatic carbocycles. The van der Waals surface area contributed by atoms with Crippen molar-refractivity contribution in [3.8, 4) is 11.1 Å². The van der Waals surface area contributed by atoms with Crippen molar-refractivity contribution in [3.05, 3.63) is 53.1 Å². The average molecular weight is 479 g/mol. The normalized spacial score (nSPS) is 19.0. The molecule has 0 N–H and O–H groups in total. The van der Waals surface area contributed by atoms with Gasteiger partial charge in [0.25, 0.3) is 0 Å². The van der Waals surface area contributed by atoms with Crippen molar-refractivity contribution in [2.24, 2.45) is 10.8 Å². The quantitative estimate of drug-likeness (QED) is 0.375. The van der Waals surface area contributed by atoms with Crippen LogP contribution >= 0.6 is 7.92 Å². The van der Waals surface area contributed by atoms with Gasteiger partial charge < -0.3 is 0 Å². The molecule has 0 aliphatic carbocycles. The molecular weight excluding hydrogens is 427 g/mol. The van der Waals surface area contributed by atoms with Crippen LogP contribution in [-0.2, 0) is 0 Å². The maximum absolute atomic E-state index is 2.52. The Morgan fingerprint density at radius 1 is 0.735 bits per heavy atom. The maximum Gasteiger partial charge on any atom is 0.00428 e. The van der Waals surface area contributed by atoms with Gasteiger partial charge in [0.15, 0.2) is 0 Å². The second-order valence-corrected chi connectivity index (χ2v) is 16.2. The van der Waals surface area contributed by atoms with Crippen molar-refractivity contribution in [1.82, 2.24) is 0 Å². The minimum absolute atomic E-state index is 0.268.